The van der Waals surface area contributed by atoms with E-state index in [2.05, 4.69) is 5.32 Å². The molecule has 7 nitrogen and oxygen atoms in total. The van der Waals surface area contributed by atoms with Crippen LogP contribution in [0.3, 0.4) is 0 Å². The maximum Gasteiger partial charge on any atom is 0.336 e. The van der Waals surface area contributed by atoms with Crippen LogP contribution in [-0.2, 0) is 16.1 Å². The van der Waals surface area contributed by atoms with Gasteiger partial charge in [-0.1, -0.05) is 12.1 Å². The SMILES string of the molecule is O=C1CCC(N2Cc3cccc(C(=O)O)c3C2=O)C(=O)N1. The number of carbonyl (C=O) groups excluding carboxylic acids is 3. The highest BCUT2D eigenvalue weighted by Crippen LogP contribution is 2.29. The Morgan fingerprint density at radius 3 is 2.71 bits per heavy atom. The number of hydrogen-bond acceptors (Lipinski definition) is 4. The molecule has 0 aliphatic carbocycles. The first-order valence-electron chi connectivity index (χ1n) is 6.49. The summed E-state index contributed by atoms with van der Waals surface area (Å²) in [7, 11) is 0. The van der Waals surface area contributed by atoms with Crippen molar-refractivity contribution >= 4 is 23.7 Å². The third-order valence-electron chi connectivity index (χ3n) is 3.78. The Hall–Kier alpha value is -2.70. The van der Waals surface area contributed by atoms with E-state index in [0.717, 1.165) is 0 Å². The Balaban J connectivity index is 1.94. The van der Waals surface area contributed by atoms with Crippen LogP contribution in [-0.4, -0.2) is 39.7 Å². The van der Waals surface area contributed by atoms with Gasteiger partial charge in [0.2, 0.25) is 11.8 Å². The molecule has 1 aromatic carbocycles. The average Bonchev–Trinajstić information content (AvgIpc) is 2.76. The lowest BCUT2D eigenvalue weighted by Crippen LogP contribution is -2.52. The number of carboxylic acids is 1. The summed E-state index contributed by atoms with van der Waals surface area (Å²) >= 11 is 0. The van der Waals surface area contributed by atoms with E-state index in [1.54, 1.807) is 12.1 Å². The molecule has 0 spiro atoms. The van der Waals surface area contributed by atoms with Crippen molar-refractivity contribution in [3.63, 3.8) is 0 Å². The van der Waals surface area contributed by atoms with Crippen LogP contribution in [0.2, 0.25) is 0 Å². The molecule has 2 N–H and O–H groups in total. The molecule has 1 unspecified atom stereocenters. The van der Waals surface area contributed by atoms with Crippen LogP contribution in [0.1, 0.15) is 39.1 Å². The number of nitrogens with one attached hydrogen (secondary N) is 1. The fraction of sp³-hybridized carbons (Fsp3) is 0.286. The van der Waals surface area contributed by atoms with E-state index in [1.807, 2.05) is 0 Å². The predicted molar refractivity (Wildman–Crippen MR) is 69.4 cm³/mol. The topological polar surface area (TPSA) is 104 Å². The second-order valence-electron chi connectivity index (χ2n) is 5.04. The first kappa shape index (κ1) is 13.3. The lowest BCUT2D eigenvalue weighted by atomic mass is 10.0. The van der Waals surface area contributed by atoms with Gasteiger partial charge in [-0.2, -0.15) is 0 Å². The molecule has 1 fully saturated rings. The number of hydrogen-bond donors (Lipinski definition) is 2. The second-order valence-corrected chi connectivity index (χ2v) is 5.04. The maximum atomic E-state index is 12.4. The van der Waals surface area contributed by atoms with E-state index in [4.69, 9.17) is 5.11 Å². The summed E-state index contributed by atoms with van der Waals surface area (Å²) in [6.07, 6.45) is 0.426. The first-order valence-corrected chi connectivity index (χ1v) is 6.49. The number of carbonyl (C=O) groups is 4. The summed E-state index contributed by atoms with van der Waals surface area (Å²) < 4.78 is 0. The van der Waals surface area contributed by atoms with Gasteiger partial charge in [0, 0.05) is 13.0 Å². The third kappa shape index (κ3) is 2.06. The maximum absolute atomic E-state index is 12.4. The number of amides is 3. The Morgan fingerprint density at radius 1 is 1.29 bits per heavy atom. The normalized spacial score (nSPS) is 21.2. The molecule has 21 heavy (non-hydrogen) atoms. The van der Waals surface area contributed by atoms with Gasteiger partial charge in [-0.05, 0) is 18.1 Å². The highest BCUT2D eigenvalue weighted by Gasteiger charge is 2.40. The lowest BCUT2D eigenvalue weighted by molar-refractivity contribution is -0.136. The summed E-state index contributed by atoms with van der Waals surface area (Å²) in [4.78, 5) is 48.0. The zero-order chi connectivity index (χ0) is 15.1. The number of fused-ring (bicyclic) bond motifs is 1. The molecule has 7 heteroatoms. The van der Waals surface area contributed by atoms with Crippen LogP contribution < -0.4 is 5.32 Å². The fourth-order valence-electron chi connectivity index (χ4n) is 2.79. The van der Waals surface area contributed by atoms with Gasteiger partial charge in [-0.3, -0.25) is 19.7 Å². The highest BCUT2D eigenvalue weighted by atomic mass is 16.4. The number of carboxylic acid groups (broad SMARTS) is 1. The Bertz CT molecular complexity index is 682. The van der Waals surface area contributed by atoms with Crippen molar-refractivity contribution in [1.82, 2.24) is 10.2 Å². The molecule has 3 rings (SSSR count). The van der Waals surface area contributed by atoms with Crippen LogP contribution in [0, 0.1) is 0 Å². The van der Waals surface area contributed by atoms with Crippen molar-refractivity contribution < 1.29 is 24.3 Å². The van der Waals surface area contributed by atoms with Crippen LogP contribution in [0.15, 0.2) is 18.2 Å². The highest BCUT2D eigenvalue weighted by molar-refractivity contribution is 6.10. The van der Waals surface area contributed by atoms with Crippen molar-refractivity contribution in [3.8, 4) is 0 Å². The minimum atomic E-state index is -1.18. The fourth-order valence-corrected chi connectivity index (χ4v) is 2.79. The van der Waals surface area contributed by atoms with E-state index >= 15 is 0 Å². The van der Waals surface area contributed by atoms with Crippen molar-refractivity contribution in [2.24, 2.45) is 0 Å². The van der Waals surface area contributed by atoms with Crippen molar-refractivity contribution in [3.05, 3.63) is 34.9 Å². The van der Waals surface area contributed by atoms with E-state index in [-0.39, 0.29) is 36.4 Å². The number of rotatable bonds is 2. The van der Waals surface area contributed by atoms with Crippen LogP contribution in [0.4, 0.5) is 0 Å². The van der Waals surface area contributed by atoms with E-state index < -0.39 is 23.8 Å². The minimum absolute atomic E-state index is 0.0627. The molecule has 1 atom stereocenters. The predicted octanol–water partition coefficient (Wildman–Crippen LogP) is 0.146. The van der Waals surface area contributed by atoms with Gasteiger partial charge in [-0.25, -0.2) is 4.79 Å². The Morgan fingerprint density at radius 2 is 2.05 bits per heavy atom. The van der Waals surface area contributed by atoms with Crippen LogP contribution >= 0.6 is 0 Å². The van der Waals surface area contributed by atoms with Crippen molar-refractivity contribution in [1.29, 1.82) is 0 Å². The molecule has 1 saturated heterocycles. The minimum Gasteiger partial charge on any atom is -0.478 e. The van der Waals surface area contributed by atoms with Crippen LogP contribution in [0.5, 0.6) is 0 Å². The molecule has 108 valence electrons. The molecule has 1 aromatic rings. The largest absolute Gasteiger partial charge is 0.478 e. The zero-order valence-electron chi connectivity index (χ0n) is 11.0. The number of aromatic carboxylic acids is 1. The van der Waals surface area contributed by atoms with Gasteiger partial charge < -0.3 is 10.0 Å². The summed E-state index contributed by atoms with van der Waals surface area (Å²) in [6, 6.07) is 3.88. The number of benzene rings is 1. The third-order valence-corrected chi connectivity index (χ3v) is 3.78. The lowest BCUT2D eigenvalue weighted by Gasteiger charge is -2.29. The molecular formula is C14H12N2O5. The Labute approximate surface area is 119 Å². The standard InChI is InChI=1S/C14H12N2O5/c17-10-5-4-9(12(18)15-10)16-6-7-2-1-3-8(14(20)21)11(7)13(16)19/h1-3,9H,4-6H2,(H,20,21)(H,15,17,18). The molecule has 0 aromatic heterocycles. The van der Waals surface area contributed by atoms with Gasteiger partial charge in [0.25, 0.3) is 5.91 Å². The van der Waals surface area contributed by atoms with E-state index in [0.29, 0.717) is 5.56 Å². The van der Waals surface area contributed by atoms with Crippen LogP contribution in [0.25, 0.3) is 0 Å². The molecule has 0 saturated carbocycles. The van der Waals surface area contributed by atoms with Gasteiger partial charge in [0.05, 0.1) is 11.1 Å². The molecule has 2 aliphatic heterocycles. The zero-order valence-corrected chi connectivity index (χ0v) is 11.0. The molecular weight excluding hydrogens is 276 g/mol. The first-order chi connectivity index (χ1) is 9.99. The monoisotopic (exact) mass is 288 g/mol. The number of piperidine rings is 1. The summed E-state index contributed by atoms with van der Waals surface area (Å²) in [5, 5.41) is 11.4. The van der Waals surface area contributed by atoms with E-state index in [9.17, 15) is 19.2 Å². The molecule has 0 radical (unpaired) electrons. The molecule has 3 amide bonds. The summed E-state index contributed by atoms with van der Waals surface area (Å²) in [6.45, 7) is 0.182. The molecule has 0 bridgehead atoms. The van der Waals surface area contributed by atoms with Gasteiger partial charge >= 0.3 is 5.97 Å². The quantitative estimate of drug-likeness (QED) is 0.754. The smallest absolute Gasteiger partial charge is 0.336 e. The molecule has 2 heterocycles. The van der Waals surface area contributed by atoms with Crippen molar-refractivity contribution in [2.45, 2.75) is 25.4 Å². The number of imide groups is 1. The number of nitrogens with zero attached hydrogens (tertiary/aromatic N) is 1. The second kappa shape index (κ2) is 4.69. The summed E-state index contributed by atoms with van der Waals surface area (Å²) in [5.74, 6) is -2.52. The molecule has 2 aliphatic rings. The Kier molecular flexibility index (Phi) is 2.97. The van der Waals surface area contributed by atoms with Gasteiger partial charge in [0.1, 0.15) is 6.04 Å². The summed E-state index contributed by atoms with van der Waals surface area (Å²) in [5.41, 5.74) is 0.659. The van der Waals surface area contributed by atoms with Gasteiger partial charge in [-0.15, -0.1) is 0 Å². The van der Waals surface area contributed by atoms with Crippen molar-refractivity contribution in [2.75, 3.05) is 0 Å². The van der Waals surface area contributed by atoms with Gasteiger partial charge in [0.15, 0.2) is 0 Å². The average molecular weight is 288 g/mol. The van der Waals surface area contributed by atoms with E-state index in [1.165, 1.54) is 11.0 Å².